The Balaban J connectivity index is 2.47. The molecule has 2 aromatic rings. The van der Waals surface area contributed by atoms with E-state index in [9.17, 15) is 9.59 Å². The van der Waals surface area contributed by atoms with E-state index in [4.69, 9.17) is 9.47 Å². The molecule has 140 valence electrons. The Kier molecular flexibility index (Phi) is 6.08. The number of aryl methyl sites for hydroxylation is 3. The lowest BCUT2D eigenvalue weighted by atomic mass is 10.1. The number of carbonyl (C=O) groups is 2. The Labute approximate surface area is 153 Å². The van der Waals surface area contributed by atoms with Gasteiger partial charge in [0.25, 0.3) is 0 Å². The lowest BCUT2D eigenvalue weighted by Gasteiger charge is -2.13. The van der Waals surface area contributed by atoms with Crippen molar-refractivity contribution in [2.45, 2.75) is 34.6 Å². The van der Waals surface area contributed by atoms with Gasteiger partial charge < -0.3 is 19.4 Å². The number of carbonyl (C=O) groups excluding carboxylic acids is 2. The zero-order valence-electron chi connectivity index (χ0n) is 16.2. The molecule has 0 aliphatic carbocycles. The monoisotopic (exact) mass is 358 g/mol. The zero-order valence-corrected chi connectivity index (χ0v) is 16.2. The van der Waals surface area contributed by atoms with E-state index in [1.165, 1.54) is 11.3 Å². The first-order valence-corrected chi connectivity index (χ1v) is 8.68. The summed E-state index contributed by atoms with van der Waals surface area (Å²) in [5, 5.41) is 4.14. The second-order valence-electron chi connectivity index (χ2n) is 6.11. The Morgan fingerprint density at radius 3 is 2.38 bits per heavy atom. The van der Waals surface area contributed by atoms with Gasteiger partial charge in [0.15, 0.2) is 0 Å². The summed E-state index contributed by atoms with van der Waals surface area (Å²) in [7, 11) is 2.03. The van der Waals surface area contributed by atoms with Crippen LogP contribution in [-0.4, -0.2) is 29.7 Å². The molecule has 0 aliphatic heterocycles. The summed E-state index contributed by atoms with van der Waals surface area (Å²) >= 11 is 0. The molecule has 0 bridgehead atoms. The highest BCUT2D eigenvalue weighted by Gasteiger charge is 2.17. The molecule has 2 rings (SSSR count). The third-order valence-corrected chi connectivity index (χ3v) is 4.47. The summed E-state index contributed by atoms with van der Waals surface area (Å²) in [5.41, 5.74) is 5.24. The molecule has 0 radical (unpaired) electrons. The van der Waals surface area contributed by atoms with Crippen molar-refractivity contribution in [2.75, 3.05) is 18.5 Å². The summed E-state index contributed by atoms with van der Waals surface area (Å²) < 4.78 is 12.1. The fourth-order valence-electron chi connectivity index (χ4n) is 2.83. The van der Waals surface area contributed by atoms with Gasteiger partial charge in [-0.2, -0.15) is 0 Å². The lowest BCUT2D eigenvalue weighted by molar-refractivity contribution is -0.140. The Hall–Kier alpha value is -2.76. The van der Waals surface area contributed by atoms with E-state index in [0.29, 0.717) is 0 Å². The van der Waals surface area contributed by atoms with Crippen molar-refractivity contribution in [1.82, 2.24) is 4.57 Å². The number of esters is 2. The van der Waals surface area contributed by atoms with Gasteiger partial charge in [0.1, 0.15) is 5.70 Å². The molecule has 1 N–H and O–H groups in total. The quantitative estimate of drug-likeness (QED) is 0.632. The van der Waals surface area contributed by atoms with Gasteiger partial charge in [-0.15, -0.1) is 0 Å². The average Bonchev–Trinajstić information content (AvgIpc) is 2.79. The molecule has 26 heavy (non-hydrogen) atoms. The molecule has 0 fully saturated rings. The molecule has 6 nitrogen and oxygen atoms in total. The van der Waals surface area contributed by atoms with Crippen LogP contribution in [0.3, 0.4) is 0 Å². The van der Waals surface area contributed by atoms with Crippen molar-refractivity contribution in [3.8, 4) is 0 Å². The molecule has 1 heterocycles. The summed E-state index contributed by atoms with van der Waals surface area (Å²) in [6, 6.07) is 4.05. The fraction of sp³-hybridized carbons (Fsp3) is 0.400. The van der Waals surface area contributed by atoms with Crippen LogP contribution in [-0.2, 0) is 26.1 Å². The summed E-state index contributed by atoms with van der Waals surface area (Å²) in [6.45, 7) is 9.97. The van der Waals surface area contributed by atoms with Gasteiger partial charge >= 0.3 is 11.9 Å². The number of ether oxygens (including phenoxy) is 2. The third-order valence-electron chi connectivity index (χ3n) is 4.47. The van der Waals surface area contributed by atoms with Crippen LogP contribution < -0.4 is 5.32 Å². The minimum atomic E-state index is -0.596. The van der Waals surface area contributed by atoms with Crippen LogP contribution in [0.5, 0.6) is 0 Å². The lowest BCUT2D eigenvalue weighted by Crippen LogP contribution is -2.17. The van der Waals surface area contributed by atoms with Crippen LogP contribution in [0, 0.1) is 20.8 Å². The molecule has 0 atom stereocenters. The Morgan fingerprint density at radius 1 is 1.12 bits per heavy atom. The van der Waals surface area contributed by atoms with E-state index in [2.05, 4.69) is 29.8 Å². The molecule has 0 amide bonds. The third kappa shape index (κ3) is 3.90. The van der Waals surface area contributed by atoms with E-state index in [1.807, 2.05) is 20.0 Å². The largest absolute Gasteiger partial charge is 0.463 e. The van der Waals surface area contributed by atoms with Crippen LogP contribution in [0.1, 0.15) is 30.7 Å². The van der Waals surface area contributed by atoms with E-state index in [-0.39, 0.29) is 18.9 Å². The average molecular weight is 358 g/mol. The number of rotatable bonds is 6. The second-order valence-corrected chi connectivity index (χ2v) is 6.11. The van der Waals surface area contributed by atoms with Crippen LogP contribution in [0.25, 0.3) is 10.9 Å². The van der Waals surface area contributed by atoms with Crippen LogP contribution in [0.15, 0.2) is 23.9 Å². The van der Waals surface area contributed by atoms with Crippen molar-refractivity contribution in [1.29, 1.82) is 0 Å². The van der Waals surface area contributed by atoms with Crippen molar-refractivity contribution < 1.29 is 19.1 Å². The number of hydrogen-bond acceptors (Lipinski definition) is 5. The number of nitrogens with one attached hydrogen (secondary N) is 1. The first-order chi connectivity index (χ1) is 12.3. The van der Waals surface area contributed by atoms with Crippen LogP contribution >= 0.6 is 0 Å². The number of anilines is 1. The predicted molar refractivity (Wildman–Crippen MR) is 102 cm³/mol. The summed E-state index contributed by atoms with van der Waals surface area (Å²) in [5.74, 6) is -1.19. The molecular weight excluding hydrogens is 332 g/mol. The van der Waals surface area contributed by atoms with E-state index in [1.54, 1.807) is 13.8 Å². The van der Waals surface area contributed by atoms with Gasteiger partial charge in [0, 0.05) is 29.3 Å². The van der Waals surface area contributed by atoms with Crippen molar-refractivity contribution in [3.05, 3.63) is 40.7 Å². The van der Waals surface area contributed by atoms with Crippen molar-refractivity contribution in [3.63, 3.8) is 0 Å². The molecule has 6 heteroatoms. The highest BCUT2D eigenvalue weighted by atomic mass is 16.5. The van der Waals surface area contributed by atoms with Gasteiger partial charge in [0.2, 0.25) is 0 Å². The van der Waals surface area contributed by atoms with Gasteiger partial charge in [-0.25, -0.2) is 9.59 Å². The molecule has 1 aromatic heterocycles. The molecule has 0 spiro atoms. The summed E-state index contributed by atoms with van der Waals surface area (Å²) in [6.07, 6.45) is 1.13. The number of aromatic nitrogens is 1. The van der Waals surface area contributed by atoms with E-state index >= 15 is 0 Å². The smallest absolute Gasteiger partial charge is 0.355 e. The number of nitrogens with zero attached hydrogens (tertiary/aromatic N) is 1. The highest BCUT2D eigenvalue weighted by Crippen LogP contribution is 2.30. The van der Waals surface area contributed by atoms with Gasteiger partial charge in [0.05, 0.1) is 19.3 Å². The summed E-state index contributed by atoms with van der Waals surface area (Å²) in [4.78, 5) is 24.0. The normalized spacial score (nSPS) is 11.5. The topological polar surface area (TPSA) is 69.6 Å². The van der Waals surface area contributed by atoms with E-state index < -0.39 is 11.9 Å². The first kappa shape index (κ1) is 19.6. The van der Waals surface area contributed by atoms with E-state index in [0.717, 1.165) is 28.2 Å². The van der Waals surface area contributed by atoms with Crippen molar-refractivity contribution >= 4 is 28.5 Å². The SMILES string of the molecule is CCOC(=O)/C=C(\Nc1cc2c(C)c(C)n(C)c2cc1C)C(=O)OCC. The van der Waals surface area contributed by atoms with Gasteiger partial charge in [-0.3, -0.25) is 0 Å². The van der Waals surface area contributed by atoms with Crippen LogP contribution in [0.4, 0.5) is 5.69 Å². The molecule has 0 aliphatic rings. The molecule has 0 unspecified atom stereocenters. The Morgan fingerprint density at radius 2 is 1.77 bits per heavy atom. The maximum atomic E-state index is 12.2. The molecule has 0 saturated heterocycles. The number of hydrogen-bond donors (Lipinski definition) is 1. The molecular formula is C20H26N2O4. The number of fused-ring (bicyclic) bond motifs is 1. The second kappa shape index (κ2) is 8.08. The van der Waals surface area contributed by atoms with Crippen LogP contribution in [0.2, 0.25) is 0 Å². The van der Waals surface area contributed by atoms with Gasteiger partial charge in [-0.05, 0) is 57.9 Å². The molecule has 0 saturated carbocycles. The zero-order chi connectivity index (χ0) is 19.4. The molecule has 1 aromatic carbocycles. The Bertz CT molecular complexity index is 878. The maximum Gasteiger partial charge on any atom is 0.355 e. The van der Waals surface area contributed by atoms with Gasteiger partial charge in [-0.1, -0.05) is 0 Å². The minimum Gasteiger partial charge on any atom is -0.463 e. The maximum absolute atomic E-state index is 12.2. The number of benzene rings is 1. The van der Waals surface area contributed by atoms with Crippen molar-refractivity contribution in [2.24, 2.45) is 7.05 Å². The fourth-order valence-corrected chi connectivity index (χ4v) is 2.83. The predicted octanol–water partition coefficient (Wildman–Crippen LogP) is 3.53. The highest BCUT2D eigenvalue weighted by molar-refractivity contribution is 6.00. The minimum absolute atomic E-state index is 0.0538. The first-order valence-electron chi connectivity index (χ1n) is 8.68. The standard InChI is InChI=1S/C20H26N2O4/c1-7-25-19(23)11-17(20(24)26-8-2)21-16-10-15-13(4)14(5)22(6)18(15)9-12(16)3/h9-11,21H,7-8H2,1-6H3/b17-11-.